The van der Waals surface area contributed by atoms with Crippen LogP contribution >= 0.6 is 27.5 Å². The summed E-state index contributed by atoms with van der Waals surface area (Å²) < 4.78 is 0.665. The van der Waals surface area contributed by atoms with Gasteiger partial charge < -0.3 is 10.4 Å². The molecular weight excluding hydrogens is 309 g/mol. The molecule has 1 aromatic rings. The van der Waals surface area contributed by atoms with Gasteiger partial charge in [0.2, 0.25) is 0 Å². The third-order valence-electron chi connectivity index (χ3n) is 2.14. The van der Waals surface area contributed by atoms with Crippen molar-refractivity contribution >= 4 is 39.4 Å². The van der Waals surface area contributed by atoms with E-state index in [1.54, 1.807) is 19.1 Å². The first-order valence-corrected chi connectivity index (χ1v) is 6.11. The van der Waals surface area contributed by atoms with E-state index >= 15 is 0 Å². The number of carbonyl (C=O) groups is 2. The van der Waals surface area contributed by atoms with Crippen LogP contribution in [-0.4, -0.2) is 23.0 Å². The molecule has 0 aliphatic heterocycles. The van der Waals surface area contributed by atoms with Crippen molar-refractivity contribution in [2.75, 3.05) is 0 Å². The van der Waals surface area contributed by atoms with Gasteiger partial charge in [0.1, 0.15) is 6.04 Å². The van der Waals surface area contributed by atoms with Crippen molar-refractivity contribution in [3.8, 4) is 0 Å². The lowest BCUT2D eigenvalue weighted by Crippen LogP contribution is -2.40. The molecule has 0 aliphatic rings. The van der Waals surface area contributed by atoms with E-state index in [2.05, 4.69) is 21.2 Å². The van der Waals surface area contributed by atoms with Crippen molar-refractivity contribution < 1.29 is 14.7 Å². The Morgan fingerprint density at radius 3 is 2.59 bits per heavy atom. The second kappa shape index (κ2) is 6.02. The Labute approximate surface area is 112 Å². The van der Waals surface area contributed by atoms with Crippen LogP contribution in [0.15, 0.2) is 22.7 Å². The molecule has 0 saturated heterocycles. The summed E-state index contributed by atoms with van der Waals surface area (Å²) in [5.74, 6) is -1.51. The summed E-state index contributed by atoms with van der Waals surface area (Å²) in [5.41, 5.74) is 0.323. The lowest BCUT2D eigenvalue weighted by Gasteiger charge is -2.12. The maximum Gasteiger partial charge on any atom is 0.326 e. The van der Waals surface area contributed by atoms with Gasteiger partial charge in [-0.25, -0.2) is 4.79 Å². The van der Waals surface area contributed by atoms with Crippen LogP contribution in [0.3, 0.4) is 0 Å². The highest BCUT2D eigenvalue weighted by molar-refractivity contribution is 9.10. The molecule has 4 nitrogen and oxygen atoms in total. The summed E-state index contributed by atoms with van der Waals surface area (Å²) in [7, 11) is 0. The number of hydrogen-bond acceptors (Lipinski definition) is 2. The van der Waals surface area contributed by atoms with Crippen molar-refractivity contribution in [2.45, 2.75) is 19.4 Å². The molecule has 6 heteroatoms. The largest absolute Gasteiger partial charge is 0.480 e. The minimum atomic E-state index is -1.05. The predicted molar refractivity (Wildman–Crippen MR) is 68.3 cm³/mol. The van der Waals surface area contributed by atoms with Crippen molar-refractivity contribution in [3.63, 3.8) is 0 Å². The lowest BCUT2D eigenvalue weighted by molar-refractivity contribution is -0.139. The second-order valence-corrected chi connectivity index (χ2v) is 4.78. The first-order valence-electron chi connectivity index (χ1n) is 4.93. The number of aliphatic carboxylic acids is 1. The highest BCUT2D eigenvalue weighted by Crippen LogP contribution is 2.19. The normalized spacial score (nSPS) is 11.9. The van der Waals surface area contributed by atoms with Crippen molar-refractivity contribution in [1.82, 2.24) is 5.32 Å². The molecule has 0 heterocycles. The van der Waals surface area contributed by atoms with E-state index in [1.807, 2.05) is 0 Å². The lowest BCUT2D eigenvalue weighted by atomic mass is 10.1. The molecule has 0 unspecified atom stereocenters. The smallest absolute Gasteiger partial charge is 0.326 e. The van der Waals surface area contributed by atoms with E-state index in [9.17, 15) is 9.59 Å². The fourth-order valence-electron chi connectivity index (χ4n) is 1.26. The molecular formula is C11H11BrClNO3. The molecule has 17 heavy (non-hydrogen) atoms. The number of carbonyl (C=O) groups excluding carboxylic acids is 1. The SMILES string of the molecule is CC[C@H](NC(=O)c1cc(Cl)cc(Br)c1)C(=O)O. The van der Waals surface area contributed by atoms with Gasteiger partial charge in [-0.3, -0.25) is 4.79 Å². The summed E-state index contributed by atoms with van der Waals surface area (Å²) in [5, 5.41) is 11.7. The van der Waals surface area contributed by atoms with Crippen LogP contribution in [0.5, 0.6) is 0 Å². The number of amides is 1. The Morgan fingerprint density at radius 2 is 2.12 bits per heavy atom. The van der Waals surface area contributed by atoms with Gasteiger partial charge in [0.25, 0.3) is 5.91 Å². The summed E-state index contributed by atoms with van der Waals surface area (Å²) in [6.45, 7) is 1.69. The van der Waals surface area contributed by atoms with Crippen molar-refractivity contribution in [2.24, 2.45) is 0 Å². The van der Waals surface area contributed by atoms with E-state index in [-0.39, 0.29) is 0 Å². The zero-order chi connectivity index (χ0) is 13.0. The Kier molecular flexibility index (Phi) is 4.96. The summed E-state index contributed by atoms with van der Waals surface area (Å²) in [6.07, 6.45) is 0.322. The van der Waals surface area contributed by atoms with Crippen LogP contribution in [0.1, 0.15) is 23.7 Å². The van der Waals surface area contributed by atoms with Crippen LogP contribution in [-0.2, 0) is 4.79 Å². The van der Waals surface area contributed by atoms with Crippen LogP contribution in [0, 0.1) is 0 Å². The molecule has 0 radical (unpaired) electrons. The Bertz CT molecular complexity index is 430. The van der Waals surface area contributed by atoms with Gasteiger partial charge in [-0.15, -0.1) is 0 Å². The number of benzene rings is 1. The number of rotatable bonds is 4. The molecule has 1 amide bonds. The van der Waals surface area contributed by atoms with Gasteiger partial charge >= 0.3 is 5.97 Å². The van der Waals surface area contributed by atoms with Gasteiger partial charge in [0.05, 0.1) is 0 Å². The third-order valence-corrected chi connectivity index (χ3v) is 2.81. The first-order chi connectivity index (χ1) is 7.93. The minimum absolute atomic E-state index is 0.322. The average molecular weight is 321 g/mol. The molecule has 2 N–H and O–H groups in total. The highest BCUT2D eigenvalue weighted by Gasteiger charge is 2.18. The first kappa shape index (κ1) is 14.0. The Balaban J connectivity index is 2.86. The molecule has 1 rings (SSSR count). The predicted octanol–water partition coefficient (Wildman–Crippen LogP) is 2.70. The van der Waals surface area contributed by atoms with E-state index in [0.29, 0.717) is 21.5 Å². The second-order valence-electron chi connectivity index (χ2n) is 3.43. The maximum atomic E-state index is 11.8. The molecule has 92 valence electrons. The zero-order valence-electron chi connectivity index (χ0n) is 9.04. The molecule has 1 aromatic carbocycles. The van der Waals surface area contributed by atoms with Crippen LogP contribution in [0.2, 0.25) is 5.02 Å². The van der Waals surface area contributed by atoms with Gasteiger partial charge in [0.15, 0.2) is 0 Å². The molecule has 0 aromatic heterocycles. The number of nitrogens with one attached hydrogen (secondary N) is 1. The standard InChI is InChI=1S/C11H11BrClNO3/c1-2-9(11(16)17)14-10(15)6-3-7(12)5-8(13)4-6/h3-5,9H,2H2,1H3,(H,14,15)(H,16,17)/t9-/m0/s1. The molecule has 0 saturated carbocycles. The summed E-state index contributed by atoms with van der Waals surface area (Å²) in [4.78, 5) is 22.6. The van der Waals surface area contributed by atoms with Crippen LogP contribution < -0.4 is 5.32 Å². The van der Waals surface area contributed by atoms with Gasteiger partial charge in [-0.05, 0) is 24.6 Å². The summed E-state index contributed by atoms with van der Waals surface area (Å²) in [6, 6.07) is 3.82. The fourth-order valence-corrected chi connectivity index (χ4v) is 2.13. The van der Waals surface area contributed by atoms with Gasteiger partial charge in [-0.1, -0.05) is 34.5 Å². The highest BCUT2D eigenvalue weighted by atomic mass is 79.9. The monoisotopic (exact) mass is 319 g/mol. The summed E-state index contributed by atoms with van der Waals surface area (Å²) >= 11 is 9.01. The van der Waals surface area contributed by atoms with Crippen LogP contribution in [0.25, 0.3) is 0 Å². The van der Waals surface area contributed by atoms with E-state index in [4.69, 9.17) is 16.7 Å². The zero-order valence-corrected chi connectivity index (χ0v) is 11.4. The molecule has 0 spiro atoms. The van der Waals surface area contributed by atoms with Gasteiger partial charge in [-0.2, -0.15) is 0 Å². The van der Waals surface area contributed by atoms with E-state index in [1.165, 1.54) is 6.07 Å². The molecule has 1 atom stereocenters. The Morgan fingerprint density at radius 1 is 1.47 bits per heavy atom. The van der Waals surface area contributed by atoms with E-state index in [0.717, 1.165) is 0 Å². The number of carboxylic acid groups (broad SMARTS) is 1. The maximum absolute atomic E-state index is 11.8. The average Bonchev–Trinajstić information content (AvgIpc) is 2.23. The van der Waals surface area contributed by atoms with Crippen LogP contribution in [0.4, 0.5) is 0 Å². The van der Waals surface area contributed by atoms with Crippen molar-refractivity contribution in [1.29, 1.82) is 0 Å². The van der Waals surface area contributed by atoms with E-state index < -0.39 is 17.9 Å². The third kappa shape index (κ3) is 4.02. The topological polar surface area (TPSA) is 66.4 Å². The number of carboxylic acids is 1. The number of halogens is 2. The molecule has 0 fully saturated rings. The van der Waals surface area contributed by atoms with Gasteiger partial charge in [0, 0.05) is 15.1 Å². The molecule has 0 aliphatic carbocycles. The fraction of sp³-hybridized carbons (Fsp3) is 0.273. The molecule has 0 bridgehead atoms. The number of hydrogen-bond donors (Lipinski definition) is 2. The quantitative estimate of drug-likeness (QED) is 0.896. The minimum Gasteiger partial charge on any atom is -0.480 e. The Hall–Kier alpha value is -1.07. The van der Waals surface area contributed by atoms with Crippen molar-refractivity contribution in [3.05, 3.63) is 33.3 Å².